The first-order valence-electron chi connectivity index (χ1n) is 6.26. The lowest BCUT2D eigenvalue weighted by Crippen LogP contribution is -1.98. The molecule has 0 radical (unpaired) electrons. The van der Waals surface area contributed by atoms with Crippen LogP contribution in [0.15, 0.2) is 17.5 Å². The molecule has 0 bridgehead atoms. The molecule has 0 atom stereocenters. The molecule has 1 aromatic carbocycles. The van der Waals surface area contributed by atoms with E-state index in [1.54, 1.807) is 17.5 Å². The van der Waals surface area contributed by atoms with Crippen LogP contribution < -0.4 is 18.9 Å². The average molecular weight is 324 g/mol. The summed E-state index contributed by atoms with van der Waals surface area (Å²) < 4.78 is 21.2. The van der Waals surface area contributed by atoms with E-state index in [9.17, 15) is 9.90 Å². The lowest BCUT2D eigenvalue weighted by Gasteiger charge is -2.14. The van der Waals surface area contributed by atoms with E-state index in [-0.39, 0.29) is 5.56 Å². The van der Waals surface area contributed by atoms with Crippen molar-refractivity contribution in [1.82, 2.24) is 0 Å². The highest BCUT2D eigenvalue weighted by molar-refractivity contribution is 7.14. The van der Waals surface area contributed by atoms with Gasteiger partial charge in [0.25, 0.3) is 0 Å². The molecular formula is C15H16O6S. The average Bonchev–Trinajstić information content (AvgIpc) is 2.97. The molecule has 0 saturated heterocycles. The molecule has 7 heteroatoms. The summed E-state index contributed by atoms with van der Waals surface area (Å²) in [5, 5.41) is 10.7. The zero-order chi connectivity index (χ0) is 16.3. The summed E-state index contributed by atoms with van der Waals surface area (Å²) in [5.74, 6) is 0.731. The fraction of sp³-hybridized carbons (Fsp3) is 0.267. The number of benzene rings is 1. The Bertz CT molecular complexity index is 666. The fourth-order valence-corrected chi connectivity index (χ4v) is 3.11. The highest BCUT2D eigenvalue weighted by Gasteiger charge is 2.22. The summed E-state index contributed by atoms with van der Waals surface area (Å²) in [6.07, 6.45) is 0. The maximum absolute atomic E-state index is 11.2. The number of carboxylic acid groups (broad SMARTS) is 1. The molecule has 1 aromatic heterocycles. The molecule has 0 aliphatic heterocycles. The highest BCUT2D eigenvalue weighted by Crippen LogP contribution is 2.46. The van der Waals surface area contributed by atoms with Gasteiger partial charge in [0, 0.05) is 10.9 Å². The number of hydrogen-bond acceptors (Lipinski definition) is 6. The number of rotatable bonds is 6. The molecule has 2 rings (SSSR count). The van der Waals surface area contributed by atoms with Gasteiger partial charge in [0.05, 0.1) is 33.3 Å². The van der Waals surface area contributed by atoms with Crippen LogP contribution in [0.3, 0.4) is 0 Å². The van der Waals surface area contributed by atoms with E-state index in [1.165, 1.54) is 39.8 Å². The summed E-state index contributed by atoms with van der Waals surface area (Å²) in [6, 6.07) is 3.50. The highest BCUT2D eigenvalue weighted by atomic mass is 32.1. The third kappa shape index (κ3) is 2.67. The molecule has 0 fully saturated rings. The number of ether oxygens (including phenoxy) is 4. The molecule has 0 aliphatic rings. The van der Waals surface area contributed by atoms with Gasteiger partial charge in [0.2, 0.25) is 5.75 Å². The Balaban J connectivity index is 2.65. The van der Waals surface area contributed by atoms with Crippen molar-refractivity contribution in [3.63, 3.8) is 0 Å². The number of carbonyl (C=O) groups is 1. The topological polar surface area (TPSA) is 74.2 Å². The molecule has 22 heavy (non-hydrogen) atoms. The smallest absolute Gasteiger partial charge is 0.340 e. The van der Waals surface area contributed by atoms with Crippen molar-refractivity contribution < 1.29 is 28.8 Å². The van der Waals surface area contributed by atoms with Gasteiger partial charge in [-0.1, -0.05) is 0 Å². The quantitative estimate of drug-likeness (QED) is 0.880. The maximum atomic E-state index is 11.2. The first kappa shape index (κ1) is 16.0. The van der Waals surface area contributed by atoms with Crippen molar-refractivity contribution >= 4 is 17.3 Å². The monoisotopic (exact) mass is 324 g/mol. The van der Waals surface area contributed by atoms with Crippen LogP contribution in [-0.2, 0) is 0 Å². The van der Waals surface area contributed by atoms with E-state index in [0.29, 0.717) is 27.9 Å². The first-order chi connectivity index (χ1) is 10.6. The third-order valence-electron chi connectivity index (χ3n) is 3.11. The molecule has 118 valence electrons. The van der Waals surface area contributed by atoms with Crippen LogP contribution in [0.5, 0.6) is 23.0 Å². The molecule has 1 N–H and O–H groups in total. The van der Waals surface area contributed by atoms with Gasteiger partial charge < -0.3 is 24.1 Å². The van der Waals surface area contributed by atoms with E-state index in [0.717, 1.165) is 5.56 Å². The number of aromatic carboxylic acids is 1. The van der Waals surface area contributed by atoms with E-state index in [1.807, 2.05) is 0 Å². The van der Waals surface area contributed by atoms with Crippen molar-refractivity contribution in [1.29, 1.82) is 0 Å². The summed E-state index contributed by atoms with van der Waals surface area (Å²) in [5.41, 5.74) is 0.847. The zero-order valence-electron chi connectivity index (χ0n) is 12.6. The first-order valence-corrected chi connectivity index (χ1v) is 7.14. The van der Waals surface area contributed by atoms with Gasteiger partial charge in [0.1, 0.15) is 5.56 Å². The number of methoxy groups -OCH3 is 4. The van der Waals surface area contributed by atoms with E-state index in [4.69, 9.17) is 18.9 Å². The predicted octanol–water partition coefficient (Wildman–Crippen LogP) is 3.15. The van der Waals surface area contributed by atoms with Gasteiger partial charge in [-0.25, -0.2) is 4.79 Å². The van der Waals surface area contributed by atoms with Crippen LogP contribution in [0.1, 0.15) is 10.4 Å². The van der Waals surface area contributed by atoms with Gasteiger partial charge in [0.15, 0.2) is 17.2 Å². The van der Waals surface area contributed by atoms with Crippen LogP contribution in [0, 0.1) is 0 Å². The molecule has 0 amide bonds. The summed E-state index contributed by atoms with van der Waals surface area (Å²) in [6.45, 7) is 0. The van der Waals surface area contributed by atoms with Crippen LogP contribution in [0.4, 0.5) is 0 Å². The lowest BCUT2D eigenvalue weighted by molar-refractivity contribution is 0.0694. The number of hydrogen-bond donors (Lipinski definition) is 1. The summed E-state index contributed by atoms with van der Waals surface area (Å²) in [7, 11) is 6.01. The van der Waals surface area contributed by atoms with Crippen LogP contribution in [0.25, 0.3) is 10.4 Å². The van der Waals surface area contributed by atoms with Gasteiger partial charge in [-0.2, -0.15) is 0 Å². The maximum Gasteiger partial charge on any atom is 0.340 e. The van der Waals surface area contributed by atoms with Gasteiger partial charge in [-0.05, 0) is 12.1 Å². The van der Waals surface area contributed by atoms with E-state index in [2.05, 4.69) is 0 Å². The van der Waals surface area contributed by atoms with Crippen LogP contribution in [0.2, 0.25) is 0 Å². The SMILES string of the molecule is COc1cc(-c2scc(C(=O)O)c2OC)cc(OC)c1OC. The number of thiophene rings is 1. The predicted molar refractivity (Wildman–Crippen MR) is 82.9 cm³/mol. The lowest BCUT2D eigenvalue weighted by atomic mass is 10.1. The molecule has 1 heterocycles. The minimum atomic E-state index is -1.04. The standard InChI is InChI=1S/C15H16O6S/c1-18-10-5-8(6-11(19-2)13(10)21-4)14-12(20-3)9(7-22-14)15(16)17/h5-7H,1-4H3,(H,16,17). The largest absolute Gasteiger partial charge is 0.494 e. The third-order valence-corrected chi connectivity index (χ3v) is 4.12. The van der Waals surface area contributed by atoms with Crippen molar-refractivity contribution in [2.45, 2.75) is 0 Å². The van der Waals surface area contributed by atoms with Crippen LogP contribution in [-0.4, -0.2) is 39.5 Å². The minimum Gasteiger partial charge on any atom is -0.494 e. The molecule has 0 unspecified atom stereocenters. The van der Waals surface area contributed by atoms with Crippen molar-refractivity contribution in [2.24, 2.45) is 0 Å². The second-order valence-corrected chi connectivity index (χ2v) is 5.11. The Hall–Kier alpha value is -2.41. The molecule has 0 saturated carbocycles. The minimum absolute atomic E-state index is 0.122. The molecule has 6 nitrogen and oxygen atoms in total. The zero-order valence-corrected chi connectivity index (χ0v) is 13.4. The Morgan fingerprint density at radius 1 is 0.955 bits per heavy atom. The Morgan fingerprint density at radius 3 is 1.91 bits per heavy atom. The second-order valence-electron chi connectivity index (χ2n) is 4.23. The Labute approximate surface area is 131 Å². The van der Waals surface area contributed by atoms with Gasteiger partial charge in [-0.15, -0.1) is 11.3 Å². The molecule has 0 spiro atoms. The van der Waals surface area contributed by atoms with Gasteiger partial charge in [-0.3, -0.25) is 0 Å². The second kappa shape index (κ2) is 6.57. The van der Waals surface area contributed by atoms with E-state index >= 15 is 0 Å². The summed E-state index contributed by atoms with van der Waals surface area (Å²) in [4.78, 5) is 11.9. The number of carboxylic acids is 1. The molecule has 2 aromatic rings. The Morgan fingerprint density at radius 2 is 1.50 bits per heavy atom. The van der Waals surface area contributed by atoms with Crippen LogP contribution >= 0.6 is 11.3 Å². The molecular weight excluding hydrogens is 308 g/mol. The van der Waals surface area contributed by atoms with Gasteiger partial charge >= 0.3 is 5.97 Å². The fourth-order valence-electron chi connectivity index (χ4n) is 2.11. The van der Waals surface area contributed by atoms with Crippen molar-refractivity contribution in [3.8, 4) is 33.4 Å². The Kier molecular flexibility index (Phi) is 4.77. The normalized spacial score (nSPS) is 10.2. The van der Waals surface area contributed by atoms with Crippen molar-refractivity contribution in [3.05, 3.63) is 23.1 Å². The molecule has 0 aliphatic carbocycles. The summed E-state index contributed by atoms with van der Waals surface area (Å²) >= 11 is 1.28. The van der Waals surface area contributed by atoms with Crippen molar-refractivity contribution in [2.75, 3.05) is 28.4 Å². The van der Waals surface area contributed by atoms with E-state index < -0.39 is 5.97 Å².